The molecule has 0 radical (unpaired) electrons. The Morgan fingerprint density at radius 3 is 2.58 bits per heavy atom. The number of hydrogen-bond donors (Lipinski definition) is 1. The second kappa shape index (κ2) is 9.80. The lowest BCUT2D eigenvalue weighted by Gasteiger charge is -2.28. The molecule has 0 aliphatic carbocycles. The molecule has 160 valence electrons. The lowest BCUT2D eigenvalue weighted by molar-refractivity contribution is -0.145. The Morgan fingerprint density at radius 2 is 1.94 bits per heavy atom. The highest BCUT2D eigenvalue weighted by atomic mass is 79.9. The molecule has 0 bridgehead atoms. The molecule has 0 atom stereocenters. The zero-order valence-electron chi connectivity index (χ0n) is 16.2. The van der Waals surface area contributed by atoms with Crippen molar-refractivity contribution >= 4 is 62.8 Å². The number of nitrogens with one attached hydrogen (secondary N) is 1. The summed E-state index contributed by atoms with van der Waals surface area (Å²) in [7, 11) is 0. The lowest BCUT2D eigenvalue weighted by atomic mass is 10.1. The predicted octanol–water partition coefficient (Wildman–Crippen LogP) is 3.36. The molecule has 0 spiro atoms. The first-order valence-electron chi connectivity index (χ1n) is 9.05. The van der Waals surface area contributed by atoms with E-state index in [-0.39, 0.29) is 23.9 Å². The van der Waals surface area contributed by atoms with Gasteiger partial charge in [0.15, 0.2) is 11.7 Å². The van der Waals surface area contributed by atoms with Crippen LogP contribution < -0.4 is 15.0 Å². The maximum absolute atomic E-state index is 13.2. The van der Waals surface area contributed by atoms with E-state index in [2.05, 4.69) is 21.2 Å². The third-order valence-corrected chi connectivity index (χ3v) is 5.01. The van der Waals surface area contributed by atoms with Gasteiger partial charge in [-0.05, 0) is 83.1 Å². The molecule has 7 nitrogen and oxygen atoms in total. The molecule has 31 heavy (non-hydrogen) atoms. The minimum absolute atomic E-state index is 0.0948. The number of carbonyl (C=O) groups is 3. The third kappa shape index (κ3) is 5.33. The normalized spacial score (nSPS) is 15.1. The largest absolute Gasteiger partial charge is 0.481 e. The van der Waals surface area contributed by atoms with Crippen LogP contribution in [0.15, 0.2) is 52.5 Å². The fourth-order valence-electron chi connectivity index (χ4n) is 2.71. The predicted molar refractivity (Wildman–Crippen MR) is 119 cm³/mol. The zero-order chi connectivity index (χ0) is 22.5. The maximum Gasteiger partial charge on any atom is 0.344 e. The number of anilines is 1. The van der Waals surface area contributed by atoms with Crippen LogP contribution in [0.1, 0.15) is 12.5 Å². The Balaban J connectivity index is 1.84. The molecule has 2 aromatic rings. The van der Waals surface area contributed by atoms with Crippen molar-refractivity contribution in [1.29, 1.82) is 0 Å². The van der Waals surface area contributed by atoms with Crippen LogP contribution in [0.3, 0.4) is 0 Å². The summed E-state index contributed by atoms with van der Waals surface area (Å²) < 4.78 is 23.9. The number of ether oxygens (including phenoxy) is 2. The Morgan fingerprint density at radius 1 is 1.23 bits per heavy atom. The van der Waals surface area contributed by atoms with Gasteiger partial charge in [0.05, 0.1) is 16.8 Å². The summed E-state index contributed by atoms with van der Waals surface area (Å²) in [6.07, 6.45) is 1.40. The fourth-order valence-corrected chi connectivity index (χ4v) is 3.50. The van der Waals surface area contributed by atoms with Crippen molar-refractivity contribution in [2.75, 3.05) is 18.1 Å². The monoisotopic (exact) mass is 506 g/mol. The smallest absolute Gasteiger partial charge is 0.344 e. The van der Waals surface area contributed by atoms with Crippen molar-refractivity contribution in [1.82, 2.24) is 5.32 Å². The molecule has 10 heteroatoms. The van der Waals surface area contributed by atoms with E-state index in [1.807, 2.05) is 0 Å². The number of hydrogen-bond acceptors (Lipinski definition) is 6. The van der Waals surface area contributed by atoms with Crippen LogP contribution in [-0.2, 0) is 19.1 Å². The van der Waals surface area contributed by atoms with Gasteiger partial charge in [0, 0.05) is 0 Å². The number of benzene rings is 2. The minimum atomic E-state index is -0.646. The summed E-state index contributed by atoms with van der Waals surface area (Å²) in [4.78, 5) is 37.9. The number of carbonyl (C=O) groups excluding carboxylic acids is 3. The molecule has 0 aromatic heterocycles. The second-order valence-electron chi connectivity index (χ2n) is 6.22. The highest BCUT2D eigenvalue weighted by molar-refractivity contribution is 9.10. The quantitative estimate of drug-likeness (QED) is 0.280. The Bertz CT molecular complexity index is 1090. The van der Waals surface area contributed by atoms with Crippen LogP contribution in [0.2, 0.25) is 0 Å². The van der Waals surface area contributed by atoms with Gasteiger partial charge in [0.25, 0.3) is 11.8 Å². The van der Waals surface area contributed by atoms with E-state index in [4.69, 9.17) is 21.7 Å². The summed E-state index contributed by atoms with van der Waals surface area (Å²) in [6, 6.07) is 10.00. The number of nitrogens with zero attached hydrogens (tertiary/aromatic N) is 1. The second-order valence-corrected chi connectivity index (χ2v) is 7.46. The first-order valence-corrected chi connectivity index (χ1v) is 10.2. The average Bonchev–Trinajstić information content (AvgIpc) is 2.72. The van der Waals surface area contributed by atoms with Gasteiger partial charge < -0.3 is 9.47 Å². The van der Waals surface area contributed by atoms with Gasteiger partial charge in [0.1, 0.15) is 17.1 Å². The number of halogens is 2. The molecule has 0 saturated carbocycles. The lowest BCUT2D eigenvalue weighted by Crippen LogP contribution is -2.54. The molecule has 0 unspecified atom stereocenters. The van der Waals surface area contributed by atoms with E-state index in [9.17, 15) is 18.8 Å². The van der Waals surface area contributed by atoms with Crippen LogP contribution in [0.4, 0.5) is 10.1 Å². The summed E-state index contributed by atoms with van der Waals surface area (Å²) in [5.74, 6) is -1.86. The number of amides is 2. The summed E-state index contributed by atoms with van der Waals surface area (Å²) in [5.41, 5.74) is 0.706. The Hall–Kier alpha value is -3.11. The molecule has 2 amide bonds. The van der Waals surface area contributed by atoms with Crippen molar-refractivity contribution in [2.45, 2.75) is 6.92 Å². The topological polar surface area (TPSA) is 84.9 Å². The zero-order valence-corrected chi connectivity index (χ0v) is 18.6. The third-order valence-electron chi connectivity index (χ3n) is 4.10. The molecule has 3 rings (SSSR count). The summed E-state index contributed by atoms with van der Waals surface area (Å²) in [6.45, 7) is 1.70. The van der Waals surface area contributed by atoms with E-state index < -0.39 is 23.6 Å². The first kappa shape index (κ1) is 22.6. The van der Waals surface area contributed by atoms with Crippen molar-refractivity contribution in [3.8, 4) is 5.75 Å². The highest BCUT2D eigenvalue weighted by Gasteiger charge is 2.34. The van der Waals surface area contributed by atoms with Gasteiger partial charge in [0.2, 0.25) is 0 Å². The van der Waals surface area contributed by atoms with E-state index in [1.165, 1.54) is 30.3 Å². The van der Waals surface area contributed by atoms with Crippen LogP contribution >= 0.6 is 28.1 Å². The maximum atomic E-state index is 13.2. The molecule has 2 aromatic carbocycles. The molecule has 1 saturated heterocycles. The molecular weight excluding hydrogens is 491 g/mol. The molecular formula is C21H16BrFN2O5S. The number of thiocarbonyl (C=S) groups is 1. The fraction of sp³-hybridized carbons (Fsp3) is 0.143. The van der Waals surface area contributed by atoms with E-state index in [0.29, 0.717) is 21.5 Å². The molecule has 1 aliphatic rings. The first-order chi connectivity index (χ1) is 14.8. The van der Waals surface area contributed by atoms with Crippen molar-refractivity contribution in [2.24, 2.45) is 0 Å². The standard InChI is InChI=1S/C21H16BrFN2O5S/c1-2-29-18(26)11-30-17-8-3-12(10-16(17)22)9-15-19(27)24-21(31)25(20(15)28)14-6-4-13(23)5-7-14/h3-10H,2,11H2,1H3,(H,24,27,31)/b15-9+. The average molecular weight is 507 g/mol. The van der Waals surface area contributed by atoms with Crippen LogP contribution in [-0.4, -0.2) is 36.1 Å². The minimum Gasteiger partial charge on any atom is -0.481 e. The Kier molecular flexibility index (Phi) is 7.13. The van der Waals surface area contributed by atoms with Gasteiger partial charge in [-0.15, -0.1) is 0 Å². The molecule has 1 aliphatic heterocycles. The van der Waals surface area contributed by atoms with Crippen molar-refractivity contribution in [3.63, 3.8) is 0 Å². The summed E-state index contributed by atoms with van der Waals surface area (Å²) in [5, 5.41) is 2.37. The van der Waals surface area contributed by atoms with E-state index in [1.54, 1.807) is 25.1 Å². The van der Waals surface area contributed by atoms with Crippen molar-refractivity contribution < 1.29 is 28.2 Å². The number of rotatable bonds is 6. The Labute approximate surface area is 190 Å². The number of esters is 1. The summed E-state index contributed by atoms with van der Waals surface area (Å²) >= 11 is 8.45. The highest BCUT2D eigenvalue weighted by Crippen LogP contribution is 2.28. The SMILES string of the molecule is CCOC(=O)COc1ccc(/C=C2\C(=O)NC(=S)N(c3ccc(F)cc3)C2=O)cc1Br. The van der Waals surface area contributed by atoms with E-state index >= 15 is 0 Å². The van der Waals surface area contributed by atoms with Crippen LogP contribution in [0, 0.1) is 5.82 Å². The van der Waals surface area contributed by atoms with Gasteiger partial charge >= 0.3 is 5.97 Å². The molecule has 1 fully saturated rings. The van der Waals surface area contributed by atoms with Gasteiger partial charge in [-0.3, -0.25) is 19.8 Å². The van der Waals surface area contributed by atoms with Gasteiger partial charge in [-0.1, -0.05) is 6.07 Å². The van der Waals surface area contributed by atoms with Gasteiger partial charge in [-0.2, -0.15) is 0 Å². The molecule has 1 heterocycles. The van der Waals surface area contributed by atoms with Crippen LogP contribution in [0.25, 0.3) is 6.08 Å². The molecule has 1 N–H and O–H groups in total. The van der Waals surface area contributed by atoms with Gasteiger partial charge in [-0.25, -0.2) is 9.18 Å². The van der Waals surface area contributed by atoms with Crippen LogP contribution in [0.5, 0.6) is 5.75 Å². The van der Waals surface area contributed by atoms with E-state index in [0.717, 1.165) is 4.90 Å². The van der Waals surface area contributed by atoms with Crippen molar-refractivity contribution in [3.05, 3.63) is 63.9 Å².